The van der Waals surface area contributed by atoms with E-state index in [9.17, 15) is 0 Å². The molecule has 2 heterocycles. The molecule has 1 saturated heterocycles. The molecule has 0 amide bonds. The highest BCUT2D eigenvalue weighted by molar-refractivity contribution is 5.67. The fraction of sp³-hybridized carbons (Fsp3) is 0.615. The van der Waals surface area contributed by atoms with Crippen LogP contribution in [0.4, 0.5) is 11.5 Å². The summed E-state index contributed by atoms with van der Waals surface area (Å²) < 4.78 is 0. The third-order valence-electron chi connectivity index (χ3n) is 3.69. The van der Waals surface area contributed by atoms with E-state index in [4.69, 9.17) is 5.73 Å². The van der Waals surface area contributed by atoms with Crippen molar-refractivity contribution in [2.45, 2.75) is 52.1 Å². The first kappa shape index (κ1) is 11.2. The lowest BCUT2D eigenvalue weighted by molar-refractivity contribution is 0.622. The van der Waals surface area contributed by atoms with Crippen molar-refractivity contribution in [1.82, 2.24) is 4.98 Å². The second-order valence-electron chi connectivity index (χ2n) is 4.76. The minimum Gasteiger partial charge on any atom is -0.396 e. The number of anilines is 2. The summed E-state index contributed by atoms with van der Waals surface area (Å²) in [6.45, 7) is 6.54. The molecule has 2 N–H and O–H groups in total. The molecule has 16 heavy (non-hydrogen) atoms. The maximum absolute atomic E-state index is 6.14. The molecule has 1 aliphatic heterocycles. The third kappa shape index (κ3) is 1.75. The van der Waals surface area contributed by atoms with Crippen LogP contribution in [0.25, 0.3) is 0 Å². The van der Waals surface area contributed by atoms with Gasteiger partial charge in [-0.25, -0.2) is 4.98 Å². The summed E-state index contributed by atoms with van der Waals surface area (Å²) in [7, 11) is 0. The van der Waals surface area contributed by atoms with Gasteiger partial charge in [0.25, 0.3) is 0 Å². The Morgan fingerprint density at radius 2 is 2.25 bits per heavy atom. The van der Waals surface area contributed by atoms with Crippen molar-refractivity contribution < 1.29 is 0 Å². The molecule has 1 aromatic heterocycles. The maximum Gasteiger partial charge on any atom is 0.152 e. The first-order chi connectivity index (χ1) is 7.65. The van der Waals surface area contributed by atoms with Crippen LogP contribution in [0.15, 0.2) is 12.3 Å². The number of rotatable bonds is 2. The standard InChI is InChI=1S/C13H21N3/c1-4-11-6-5-10(3)16(11)13-12(14)9(2)7-8-15-13/h7-8,10-11H,4-6,14H2,1-3H3. The zero-order valence-corrected chi connectivity index (χ0v) is 10.4. The van der Waals surface area contributed by atoms with Crippen LogP contribution in [0.3, 0.4) is 0 Å². The first-order valence-corrected chi connectivity index (χ1v) is 6.14. The lowest BCUT2D eigenvalue weighted by Gasteiger charge is -2.30. The van der Waals surface area contributed by atoms with Gasteiger partial charge in [0.1, 0.15) is 0 Å². The SMILES string of the molecule is CCC1CCC(C)N1c1nccc(C)c1N. The fourth-order valence-corrected chi connectivity index (χ4v) is 2.62. The van der Waals surface area contributed by atoms with E-state index < -0.39 is 0 Å². The van der Waals surface area contributed by atoms with E-state index in [1.54, 1.807) is 0 Å². The van der Waals surface area contributed by atoms with Gasteiger partial charge in [-0.15, -0.1) is 0 Å². The van der Waals surface area contributed by atoms with Crippen molar-refractivity contribution in [3.05, 3.63) is 17.8 Å². The predicted molar refractivity (Wildman–Crippen MR) is 68.6 cm³/mol. The van der Waals surface area contributed by atoms with Gasteiger partial charge in [-0.3, -0.25) is 0 Å². The molecule has 2 unspecified atom stereocenters. The number of nitrogens with zero attached hydrogens (tertiary/aromatic N) is 2. The lowest BCUT2D eigenvalue weighted by atomic mass is 10.1. The molecule has 2 atom stereocenters. The quantitative estimate of drug-likeness (QED) is 0.831. The van der Waals surface area contributed by atoms with Crippen molar-refractivity contribution in [3.63, 3.8) is 0 Å². The largest absolute Gasteiger partial charge is 0.396 e. The maximum atomic E-state index is 6.14. The van der Waals surface area contributed by atoms with Crippen molar-refractivity contribution in [2.75, 3.05) is 10.6 Å². The Balaban J connectivity index is 2.38. The molecular formula is C13H21N3. The highest BCUT2D eigenvalue weighted by Crippen LogP contribution is 2.34. The Kier molecular flexibility index (Phi) is 3.03. The van der Waals surface area contributed by atoms with E-state index in [0.717, 1.165) is 17.1 Å². The molecule has 0 saturated carbocycles. The van der Waals surface area contributed by atoms with E-state index in [-0.39, 0.29) is 0 Å². The van der Waals surface area contributed by atoms with Crippen LogP contribution in [-0.2, 0) is 0 Å². The van der Waals surface area contributed by atoms with E-state index in [1.807, 2.05) is 19.2 Å². The summed E-state index contributed by atoms with van der Waals surface area (Å²) in [5.74, 6) is 0.983. The molecule has 3 heteroatoms. The van der Waals surface area contributed by atoms with E-state index in [0.29, 0.717) is 12.1 Å². The van der Waals surface area contributed by atoms with Crippen LogP contribution in [0.2, 0.25) is 0 Å². The molecule has 0 aliphatic carbocycles. The Hall–Kier alpha value is -1.25. The highest BCUT2D eigenvalue weighted by atomic mass is 15.3. The Morgan fingerprint density at radius 3 is 2.94 bits per heavy atom. The van der Waals surface area contributed by atoms with Crippen molar-refractivity contribution >= 4 is 11.5 Å². The summed E-state index contributed by atoms with van der Waals surface area (Å²) in [4.78, 5) is 6.88. The van der Waals surface area contributed by atoms with E-state index >= 15 is 0 Å². The number of hydrogen-bond acceptors (Lipinski definition) is 3. The Labute approximate surface area is 97.7 Å². The van der Waals surface area contributed by atoms with Crippen LogP contribution in [0.1, 0.15) is 38.7 Å². The van der Waals surface area contributed by atoms with Gasteiger partial charge in [-0.05, 0) is 44.7 Å². The predicted octanol–water partition coefficient (Wildman–Crippen LogP) is 2.74. The molecule has 0 bridgehead atoms. The molecule has 88 valence electrons. The number of nitrogen functional groups attached to an aromatic ring is 1. The van der Waals surface area contributed by atoms with Gasteiger partial charge in [0.15, 0.2) is 5.82 Å². The van der Waals surface area contributed by atoms with Gasteiger partial charge in [0.05, 0.1) is 5.69 Å². The molecule has 0 radical (unpaired) electrons. The minimum atomic E-state index is 0.557. The molecule has 2 rings (SSSR count). The second-order valence-corrected chi connectivity index (χ2v) is 4.76. The minimum absolute atomic E-state index is 0.557. The summed E-state index contributed by atoms with van der Waals surface area (Å²) in [6.07, 6.45) is 5.53. The number of aryl methyl sites for hydroxylation is 1. The number of aromatic nitrogens is 1. The van der Waals surface area contributed by atoms with Crippen molar-refractivity contribution in [1.29, 1.82) is 0 Å². The van der Waals surface area contributed by atoms with E-state index in [1.165, 1.54) is 19.3 Å². The Morgan fingerprint density at radius 1 is 1.50 bits per heavy atom. The molecule has 1 fully saturated rings. The Bertz CT molecular complexity index is 375. The molecule has 1 aromatic rings. The van der Waals surface area contributed by atoms with Gasteiger partial charge in [-0.1, -0.05) is 6.92 Å². The van der Waals surface area contributed by atoms with Crippen molar-refractivity contribution in [2.24, 2.45) is 0 Å². The first-order valence-electron chi connectivity index (χ1n) is 6.14. The van der Waals surface area contributed by atoms with Crippen LogP contribution in [0, 0.1) is 6.92 Å². The lowest BCUT2D eigenvalue weighted by Crippen LogP contribution is -2.35. The third-order valence-corrected chi connectivity index (χ3v) is 3.69. The van der Waals surface area contributed by atoms with Gasteiger partial charge < -0.3 is 10.6 Å². The van der Waals surface area contributed by atoms with Crippen molar-refractivity contribution in [3.8, 4) is 0 Å². The van der Waals surface area contributed by atoms with Gasteiger partial charge in [-0.2, -0.15) is 0 Å². The van der Waals surface area contributed by atoms with Gasteiger partial charge >= 0.3 is 0 Å². The van der Waals surface area contributed by atoms with Gasteiger partial charge in [0.2, 0.25) is 0 Å². The summed E-state index contributed by atoms with van der Waals surface area (Å²) >= 11 is 0. The van der Waals surface area contributed by atoms with E-state index in [2.05, 4.69) is 23.7 Å². The normalized spacial score (nSPS) is 25.1. The molecule has 0 spiro atoms. The van der Waals surface area contributed by atoms with Crippen LogP contribution in [-0.4, -0.2) is 17.1 Å². The van der Waals surface area contributed by atoms with Crippen LogP contribution >= 0.6 is 0 Å². The fourth-order valence-electron chi connectivity index (χ4n) is 2.62. The molecule has 1 aliphatic rings. The molecule has 3 nitrogen and oxygen atoms in total. The topological polar surface area (TPSA) is 42.2 Å². The zero-order chi connectivity index (χ0) is 11.7. The monoisotopic (exact) mass is 219 g/mol. The highest BCUT2D eigenvalue weighted by Gasteiger charge is 2.31. The molecular weight excluding hydrogens is 198 g/mol. The average molecular weight is 219 g/mol. The zero-order valence-electron chi connectivity index (χ0n) is 10.4. The summed E-state index contributed by atoms with van der Waals surface area (Å²) in [5, 5.41) is 0. The summed E-state index contributed by atoms with van der Waals surface area (Å²) in [5.41, 5.74) is 8.10. The summed E-state index contributed by atoms with van der Waals surface area (Å²) in [6, 6.07) is 3.13. The van der Waals surface area contributed by atoms with Gasteiger partial charge in [0, 0.05) is 18.3 Å². The number of nitrogens with two attached hydrogens (primary N) is 1. The number of hydrogen-bond donors (Lipinski definition) is 1. The number of pyridine rings is 1. The smallest absolute Gasteiger partial charge is 0.152 e. The van der Waals surface area contributed by atoms with Crippen LogP contribution < -0.4 is 10.6 Å². The van der Waals surface area contributed by atoms with Crippen LogP contribution in [0.5, 0.6) is 0 Å². The average Bonchev–Trinajstić information content (AvgIpc) is 2.64. The molecule has 0 aromatic carbocycles. The second kappa shape index (κ2) is 4.32.